The van der Waals surface area contributed by atoms with Crippen molar-refractivity contribution in [3.8, 4) is 0 Å². The smallest absolute Gasteiger partial charge is 0.0756 e. The highest BCUT2D eigenvalue weighted by Crippen LogP contribution is 2.38. The molecule has 0 aromatic carbocycles. The topological polar surface area (TPSA) is 24.5 Å². The maximum Gasteiger partial charge on any atom is 0.0756 e. The van der Waals surface area contributed by atoms with Gasteiger partial charge in [0.25, 0.3) is 0 Å². The first-order valence-corrected chi connectivity index (χ1v) is 5.77. The van der Waals surface area contributed by atoms with Crippen LogP contribution in [0.4, 0.5) is 0 Å². The van der Waals surface area contributed by atoms with E-state index in [4.69, 9.17) is 4.74 Å². The van der Waals surface area contributed by atoms with Gasteiger partial charge in [-0.2, -0.15) is 0 Å². The molecule has 1 aliphatic heterocycles. The third-order valence-corrected chi connectivity index (χ3v) is 3.19. The molecule has 14 heavy (non-hydrogen) atoms. The van der Waals surface area contributed by atoms with Crippen LogP contribution in [0.2, 0.25) is 0 Å². The highest BCUT2D eigenvalue weighted by molar-refractivity contribution is 4.93. The van der Waals surface area contributed by atoms with Crippen LogP contribution in [0.25, 0.3) is 0 Å². The summed E-state index contributed by atoms with van der Waals surface area (Å²) in [5.41, 5.74) is 0. The summed E-state index contributed by atoms with van der Waals surface area (Å²) in [6.45, 7) is 3.17. The Bertz CT molecular complexity index is 180. The molecule has 2 rings (SSSR count). The molecule has 1 N–H and O–H groups in total. The van der Waals surface area contributed by atoms with Crippen LogP contribution in [0, 0.1) is 5.92 Å². The molecule has 0 radical (unpaired) electrons. The Morgan fingerprint density at radius 1 is 1.29 bits per heavy atom. The van der Waals surface area contributed by atoms with E-state index >= 15 is 0 Å². The highest BCUT2D eigenvalue weighted by Gasteiger charge is 2.40. The zero-order valence-electron chi connectivity index (χ0n) is 9.33. The third kappa shape index (κ3) is 2.69. The second kappa shape index (κ2) is 4.60. The Morgan fingerprint density at radius 2 is 2.07 bits per heavy atom. The molecule has 0 aromatic heterocycles. The number of ether oxygens (including phenoxy) is 1. The second-order valence-electron chi connectivity index (χ2n) is 4.83. The van der Waals surface area contributed by atoms with Crippen molar-refractivity contribution in [1.82, 2.24) is 10.2 Å². The van der Waals surface area contributed by atoms with Crippen molar-refractivity contribution in [3.63, 3.8) is 0 Å². The lowest BCUT2D eigenvalue weighted by Crippen LogP contribution is -2.40. The van der Waals surface area contributed by atoms with Crippen LogP contribution < -0.4 is 5.32 Å². The van der Waals surface area contributed by atoms with Crippen molar-refractivity contribution in [2.75, 3.05) is 33.8 Å². The van der Waals surface area contributed by atoms with Gasteiger partial charge in [-0.1, -0.05) is 0 Å². The number of hydrogen-bond donors (Lipinski definition) is 1. The maximum atomic E-state index is 5.77. The van der Waals surface area contributed by atoms with Gasteiger partial charge in [-0.05, 0) is 39.3 Å². The summed E-state index contributed by atoms with van der Waals surface area (Å²) >= 11 is 0. The predicted octanol–water partition coefficient (Wildman–Crippen LogP) is 0.705. The summed E-state index contributed by atoms with van der Waals surface area (Å²) in [7, 11) is 4.23. The zero-order chi connectivity index (χ0) is 9.97. The van der Waals surface area contributed by atoms with Crippen molar-refractivity contribution in [3.05, 3.63) is 0 Å². The number of hydrogen-bond acceptors (Lipinski definition) is 3. The summed E-state index contributed by atoms with van der Waals surface area (Å²) in [6.07, 6.45) is 4.50. The van der Waals surface area contributed by atoms with Crippen LogP contribution in [0.5, 0.6) is 0 Å². The molecule has 2 atom stereocenters. The molecule has 2 unspecified atom stereocenters. The summed E-state index contributed by atoms with van der Waals surface area (Å²) in [6, 6.07) is 0.627. The van der Waals surface area contributed by atoms with E-state index < -0.39 is 0 Å². The van der Waals surface area contributed by atoms with Crippen LogP contribution in [0.3, 0.4) is 0 Å². The fourth-order valence-corrected chi connectivity index (χ4v) is 2.19. The number of likely N-dealkylation sites (N-methyl/N-ethyl adjacent to an activating group) is 1. The van der Waals surface area contributed by atoms with E-state index in [1.165, 1.54) is 19.3 Å². The van der Waals surface area contributed by atoms with E-state index in [0.717, 1.165) is 25.6 Å². The van der Waals surface area contributed by atoms with Gasteiger partial charge in [0.15, 0.2) is 0 Å². The van der Waals surface area contributed by atoms with E-state index in [0.29, 0.717) is 12.1 Å². The molecular weight excluding hydrogens is 176 g/mol. The zero-order valence-corrected chi connectivity index (χ0v) is 9.33. The SMILES string of the molecule is CN(C)CCNC1CCOC1C1CC1. The fraction of sp³-hybridized carbons (Fsp3) is 1.00. The van der Waals surface area contributed by atoms with Gasteiger partial charge in [0.2, 0.25) is 0 Å². The lowest BCUT2D eigenvalue weighted by atomic mass is 10.1. The average molecular weight is 198 g/mol. The lowest BCUT2D eigenvalue weighted by Gasteiger charge is -2.20. The molecule has 3 nitrogen and oxygen atoms in total. The lowest BCUT2D eigenvalue weighted by molar-refractivity contribution is 0.0809. The Kier molecular flexibility index (Phi) is 3.42. The number of nitrogens with zero attached hydrogens (tertiary/aromatic N) is 1. The Balaban J connectivity index is 1.68. The van der Waals surface area contributed by atoms with Gasteiger partial charge in [-0.3, -0.25) is 0 Å². The Labute approximate surface area is 86.8 Å². The van der Waals surface area contributed by atoms with Crippen LogP contribution in [0.15, 0.2) is 0 Å². The highest BCUT2D eigenvalue weighted by atomic mass is 16.5. The monoisotopic (exact) mass is 198 g/mol. The number of rotatable bonds is 5. The van der Waals surface area contributed by atoms with E-state index in [9.17, 15) is 0 Å². The minimum absolute atomic E-state index is 0.525. The molecule has 1 aliphatic carbocycles. The molecule has 2 fully saturated rings. The van der Waals surface area contributed by atoms with Gasteiger partial charge in [0, 0.05) is 25.7 Å². The van der Waals surface area contributed by atoms with Crippen LogP contribution in [-0.2, 0) is 4.74 Å². The summed E-state index contributed by atoms with van der Waals surface area (Å²) < 4.78 is 5.77. The molecule has 1 saturated heterocycles. The molecular formula is C11H22N2O. The van der Waals surface area contributed by atoms with Gasteiger partial charge in [0.05, 0.1) is 6.10 Å². The standard InChI is InChI=1S/C11H22N2O/c1-13(2)7-6-12-10-5-8-14-11(10)9-3-4-9/h9-12H,3-8H2,1-2H3. The first kappa shape index (κ1) is 10.4. The molecule has 2 aliphatic rings. The number of nitrogens with one attached hydrogen (secondary N) is 1. The fourth-order valence-electron chi connectivity index (χ4n) is 2.19. The van der Waals surface area contributed by atoms with Gasteiger partial charge >= 0.3 is 0 Å². The van der Waals surface area contributed by atoms with Gasteiger partial charge in [-0.15, -0.1) is 0 Å². The molecule has 3 heteroatoms. The first-order valence-electron chi connectivity index (χ1n) is 5.77. The predicted molar refractivity (Wildman–Crippen MR) is 57.4 cm³/mol. The van der Waals surface area contributed by atoms with Gasteiger partial charge < -0.3 is 15.0 Å². The molecule has 0 aromatic rings. The van der Waals surface area contributed by atoms with Crippen molar-refractivity contribution < 1.29 is 4.74 Å². The van der Waals surface area contributed by atoms with Crippen molar-refractivity contribution in [2.24, 2.45) is 5.92 Å². The van der Waals surface area contributed by atoms with Gasteiger partial charge in [-0.25, -0.2) is 0 Å². The maximum absolute atomic E-state index is 5.77. The van der Waals surface area contributed by atoms with E-state index in [-0.39, 0.29) is 0 Å². The van der Waals surface area contributed by atoms with Gasteiger partial charge in [0.1, 0.15) is 0 Å². The van der Waals surface area contributed by atoms with E-state index in [1.54, 1.807) is 0 Å². The largest absolute Gasteiger partial charge is 0.376 e. The third-order valence-electron chi connectivity index (χ3n) is 3.19. The second-order valence-corrected chi connectivity index (χ2v) is 4.83. The summed E-state index contributed by atoms with van der Waals surface area (Å²) in [5, 5.41) is 3.62. The molecule has 82 valence electrons. The van der Waals surface area contributed by atoms with Crippen molar-refractivity contribution in [1.29, 1.82) is 0 Å². The van der Waals surface area contributed by atoms with Crippen LogP contribution in [-0.4, -0.2) is 50.8 Å². The van der Waals surface area contributed by atoms with Crippen molar-refractivity contribution in [2.45, 2.75) is 31.4 Å². The quantitative estimate of drug-likeness (QED) is 0.704. The molecule has 1 heterocycles. The minimum Gasteiger partial charge on any atom is -0.376 e. The summed E-state index contributed by atoms with van der Waals surface area (Å²) in [4.78, 5) is 2.22. The van der Waals surface area contributed by atoms with Crippen LogP contribution >= 0.6 is 0 Å². The Morgan fingerprint density at radius 3 is 2.71 bits per heavy atom. The molecule has 0 bridgehead atoms. The molecule has 0 spiro atoms. The summed E-state index contributed by atoms with van der Waals surface area (Å²) in [5.74, 6) is 0.870. The minimum atomic E-state index is 0.525. The normalized spacial score (nSPS) is 32.8. The first-order chi connectivity index (χ1) is 6.77. The average Bonchev–Trinajstić information content (AvgIpc) is 2.87. The molecule has 1 saturated carbocycles. The van der Waals surface area contributed by atoms with E-state index in [1.807, 2.05) is 0 Å². The van der Waals surface area contributed by atoms with Crippen molar-refractivity contribution >= 4 is 0 Å². The van der Waals surface area contributed by atoms with E-state index in [2.05, 4.69) is 24.3 Å². The molecule has 0 amide bonds. The Hall–Kier alpha value is -0.120. The van der Waals surface area contributed by atoms with Crippen LogP contribution in [0.1, 0.15) is 19.3 Å².